The van der Waals surface area contributed by atoms with E-state index in [0.29, 0.717) is 5.70 Å². The Hall–Kier alpha value is -2.42. The lowest BCUT2D eigenvalue weighted by Gasteiger charge is -2.15. The molecule has 1 aliphatic heterocycles. The maximum absolute atomic E-state index is 11.6. The van der Waals surface area contributed by atoms with Crippen LogP contribution in [0.25, 0.3) is 6.08 Å². The fourth-order valence-corrected chi connectivity index (χ4v) is 1.68. The second-order valence-electron chi connectivity index (χ2n) is 4.01. The average Bonchev–Trinajstić information content (AvgIpc) is 2.34. The van der Waals surface area contributed by atoms with E-state index in [1.807, 2.05) is 36.4 Å². The Bertz CT molecular complexity index is 531. The summed E-state index contributed by atoms with van der Waals surface area (Å²) in [6.45, 7) is 3.58. The molecule has 2 rings (SSSR count). The number of benzene rings is 1. The average molecular weight is 239 g/mol. The summed E-state index contributed by atoms with van der Waals surface area (Å²) in [5, 5.41) is 2.55. The van der Waals surface area contributed by atoms with Crippen molar-refractivity contribution in [2.45, 2.75) is 6.42 Å². The van der Waals surface area contributed by atoms with E-state index in [-0.39, 0.29) is 23.7 Å². The fourth-order valence-electron chi connectivity index (χ4n) is 1.68. The van der Waals surface area contributed by atoms with Gasteiger partial charge in [0.25, 0.3) is 5.91 Å². The van der Waals surface area contributed by atoms with Crippen LogP contribution in [0.5, 0.6) is 0 Å². The molecule has 0 bridgehead atoms. The normalized spacial score (nSPS) is 18.4. The fraction of sp³-hybridized carbons (Fsp3) is 0.0667. The van der Waals surface area contributed by atoms with E-state index >= 15 is 0 Å². The Morgan fingerprint density at radius 3 is 2.56 bits per heavy atom. The Labute approximate surface area is 106 Å². The Morgan fingerprint density at radius 1 is 1.17 bits per heavy atom. The van der Waals surface area contributed by atoms with Crippen molar-refractivity contribution in [2.75, 3.05) is 0 Å². The van der Waals surface area contributed by atoms with Gasteiger partial charge in [-0.05, 0) is 11.6 Å². The summed E-state index contributed by atoms with van der Waals surface area (Å²) < 4.78 is 0. The summed E-state index contributed by atoms with van der Waals surface area (Å²) in [6.07, 6.45) is 5.26. The standard InChI is InChI=1S/C15H13NO2/c1-11-10-14(17)13(15(18)16-11)9-5-8-12-6-3-2-4-7-12/h2-9H,1,10H2,(H,16,18)/b8-5+,13-9+. The van der Waals surface area contributed by atoms with Crippen LogP contribution in [0.15, 0.2) is 60.3 Å². The highest BCUT2D eigenvalue weighted by Gasteiger charge is 2.24. The quantitative estimate of drug-likeness (QED) is 0.635. The van der Waals surface area contributed by atoms with Gasteiger partial charge in [-0.1, -0.05) is 49.1 Å². The van der Waals surface area contributed by atoms with Crippen LogP contribution in [-0.4, -0.2) is 11.7 Å². The first-order valence-electron chi connectivity index (χ1n) is 5.62. The zero-order valence-corrected chi connectivity index (χ0v) is 9.85. The van der Waals surface area contributed by atoms with Gasteiger partial charge in [-0.2, -0.15) is 0 Å². The highest BCUT2D eigenvalue weighted by atomic mass is 16.2. The third-order valence-corrected chi connectivity index (χ3v) is 2.56. The molecule has 3 nitrogen and oxygen atoms in total. The van der Waals surface area contributed by atoms with E-state index < -0.39 is 0 Å². The molecule has 0 spiro atoms. The van der Waals surface area contributed by atoms with E-state index in [4.69, 9.17) is 0 Å². The van der Waals surface area contributed by atoms with Crippen LogP contribution in [0.2, 0.25) is 0 Å². The summed E-state index contributed by atoms with van der Waals surface area (Å²) in [5.41, 5.74) is 1.64. The zero-order valence-electron chi connectivity index (χ0n) is 9.85. The molecule has 1 N–H and O–H groups in total. The third-order valence-electron chi connectivity index (χ3n) is 2.56. The minimum absolute atomic E-state index is 0.176. The van der Waals surface area contributed by atoms with Crippen LogP contribution in [0.1, 0.15) is 12.0 Å². The van der Waals surface area contributed by atoms with Crippen LogP contribution < -0.4 is 5.32 Å². The van der Waals surface area contributed by atoms with Gasteiger partial charge in [0.2, 0.25) is 0 Å². The van der Waals surface area contributed by atoms with Gasteiger partial charge in [-0.25, -0.2) is 0 Å². The largest absolute Gasteiger partial charge is 0.326 e. The lowest BCUT2D eigenvalue weighted by molar-refractivity contribution is -0.123. The van der Waals surface area contributed by atoms with Gasteiger partial charge in [0.15, 0.2) is 5.78 Å². The van der Waals surface area contributed by atoms with Crippen LogP contribution in [0, 0.1) is 0 Å². The summed E-state index contributed by atoms with van der Waals surface area (Å²) >= 11 is 0. The minimum atomic E-state index is -0.381. The first kappa shape index (κ1) is 12.0. The zero-order chi connectivity index (χ0) is 13.0. The van der Waals surface area contributed by atoms with E-state index in [1.165, 1.54) is 6.08 Å². The second-order valence-corrected chi connectivity index (χ2v) is 4.01. The van der Waals surface area contributed by atoms with Gasteiger partial charge in [0.05, 0.1) is 12.0 Å². The molecule has 0 atom stereocenters. The van der Waals surface area contributed by atoms with Crippen LogP contribution in [0.3, 0.4) is 0 Å². The number of ketones is 1. The Kier molecular flexibility index (Phi) is 3.53. The first-order valence-corrected chi connectivity index (χ1v) is 5.62. The van der Waals surface area contributed by atoms with Crippen molar-refractivity contribution in [3.63, 3.8) is 0 Å². The van der Waals surface area contributed by atoms with Gasteiger partial charge < -0.3 is 5.32 Å². The van der Waals surface area contributed by atoms with Gasteiger partial charge in [-0.3, -0.25) is 9.59 Å². The molecule has 0 radical (unpaired) electrons. The van der Waals surface area contributed by atoms with Crippen molar-refractivity contribution < 1.29 is 9.59 Å². The minimum Gasteiger partial charge on any atom is -0.326 e. The molecule has 0 unspecified atom stereocenters. The summed E-state index contributed by atoms with van der Waals surface area (Å²) in [6, 6.07) is 9.67. The molecule has 1 amide bonds. The first-order chi connectivity index (χ1) is 8.66. The number of hydrogen-bond acceptors (Lipinski definition) is 2. The molecule has 1 aromatic rings. The topological polar surface area (TPSA) is 46.2 Å². The predicted molar refractivity (Wildman–Crippen MR) is 70.5 cm³/mol. The van der Waals surface area contributed by atoms with E-state index in [1.54, 1.807) is 6.08 Å². The molecule has 18 heavy (non-hydrogen) atoms. The van der Waals surface area contributed by atoms with Gasteiger partial charge in [0, 0.05) is 5.70 Å². The number of Topliss-reactive ketones (excluding diaryl/α,β-unsaturated/α-hetero) is 1. The number of carbonyl (C=O) groups excluding carboxylic acids is 2. The molecule has 1 aromatic carbocycles. The number of nitrogens with one attached hydrogen (secondary N) is 1. The molecular formula is C15H13NO2. The van der Waals surface area contributed by atoms with Gasteiger partial charge >= 0.3 is 0 Å². The maximum Gasteiger partial charge on any atom is 0.259 e. The number of carbonyl (C=O) groups is 2. The van der Waals surface area contributed by atoms with Crippen LogP contribution in [-0.2, 0) is 9.59 Å². The number of rotatable bonds is 2. The summed E-state index contributed by atoms with van der Waals surface area (Å²) in [5.74, 6) is -0.574. The van der Waals surface area contributed by atoms with Crippen molar-refractivity contribution in [1.29, 1.82) is 0 Å². The maximum atomic E-state index is 11.6. The van der Waals surface area contributed by atoms with E-state index in [9.17, 15) is 9.59 Å². The number of piperidine rings is 1. The molecule has 1 fully saturated rings. The Balaban J connectivity index is 2.14. The van der Waals surface area contributed by atoms with Crippen molar-refractivity contribution in [3.05, 3.63) is 65.9 Å². The van der Waals surface area contributed by atoms with Crippen molar-refractivity contribution in [2.24, 2.45) is 0 Å². The molecule has 1 saturated heterocycles. The number of allylic oxidation sites excluding steroid dienone is 3. The lowest BCUT2D eigenvalue weighted by atomic mass is 10.0. The monoisotopic (exact) mass is 239 g/mol. The Morgan fingerprint density at radius 2 is 1.89 bits per heavy atom. The molecule has 0 aromatic heterocycles. The highest BCUT2D eigenvalue weighted by molar-refractivity contribution is 6.22. The highest BCUT2D eigenvalue weighted by Crippen LogP contribution is 2.12. The molecule has 3 heteroatoms. The SMILES string of the molecule is C=C1CC(=O)/C(=C\C=C\c2ccccc2)C(=O)N1. The smallest absolute Gasteiger partial charge is 0.259 e. The van der Waals surface area contributed by atoms with E-state index in [2.05, 4.69) is 11.9 Å². The lowest BCUT2D eigenvalue weighted by Crippen LogP contribution is -2.34. The summed E-state index contributed by atoms with van der Waals surface area (Å²) in [7, 11) is 0. The molecule has 0 saturated carbocycles. The van der Waals surface area contributed by atoms with Crippen molar-refractivity contribution >= 4 is 17.8 Å². The van der Waals surface area contributed by atoms with Crippen molar-refractivity contribution in [3.8, 4) is 0 Å². The van der Waals surface area contributed by atoms with Gasteiger partial charge in [-0.15, -0.1) is 0 Å². The van der Waals surface area contributed by atoms with Crippen LogP contribution >= 0.6 is 0 Å². The molecular weight excluding hydrogens is 226 g/mol. The van der Waals surface area contributed by atoms with E-state index in [0.717, 1.165) is 5.56 Å². The third kappa shape index (κ3) is 2.83. The van der Waals surface area contributed by atoms with Crippen molar-refractivity contribution in [1.82, 2.24) is 5.32 Å². The predicted octanol–water partition coefficient (Wildman–Crippen LogP) is 2.23. The molecule has 0 aliphatic carbocycles. The number of amides is 1. The summed E-state index contributed by atoms with van der Waals surface area (Å²) in [4.78, 5) is 23.2. The van der Waals surface area contributed by atoms with Gasteiger partial charge in [0.1, 0.15) is 0 Å². The van der Waals surface area contributed by atoms with Crippen LogP contribution in [0.4, 0.5) is 0 Å². The molecule has 1 aliphatic rings. The second kappa shape index (κ2) is 5.27. The molecule has 90 valence electrons. The number of hydrogen-bond donors (Lipinski definition) is 1. The molecule has 1 heterocycles.